The minimum atomic E-state index is -0.199. The number of anilines is 1. The summed E-state index contributed by atoms with van der Waals surface area (Å²) in [6.07, 6.45) is 6.12. The maximum atomic E-state index is 12.1. The number of nitrogens with zero attached hydrogens (tertiary/aromatic N) is 2. The average molecular weight is 298 g/mol. The molecule has 1 aromatic rings. The molecule has 0 spiro atoms. The van der Waals surface area contributed by atoms with Crippen molar-refractivity contribution in [2.45, 2.75) is 59.0 Å². The Kier molecular flexibility index (Phi) is 5.08. The van der Waals surface area contributed by atoms with Crippen LogP contribution in [0.3, 0.4) is 0 Å². The van der Waals surface area contributed by atoms with Crippen molar-refractivity contribution < 1.29 is 0 Å². The van der Waals surface area contributed by atoms with Crippen LogP contribution < -0.4 is 10.9 Å². The number of aromatic nitrogens is 2. The Morgan fingerprint density at radius 3 is 2.85 bits per heavy atom. The fourth-order valence-electron chi connectivity index (χ4n) is 3.02. The number of hydrogen-bond acceptors (Lipinski definition) is 3. The summed E-state index contributed by atoms with van der Waals surface area (Å²) in [5.74, 6) is 1.38. The molecular weight excluding hydrogens is 274 g/mol. The van der Waals surface area contributed by atoms with E-state index in [2.05, 4.69) is 24.3 Å². The Morgan fingerprint density at radius 2 is 2.20 bits per heavy atom. The number of rotatable bonds is 4. The summed E-state index contributed by atoms with van der Waals surface area (Å²) < 4.78 is 1.43. The highest BCUT2D eigenvalue weighted by Gasteiger charge is 2.26. The summed E-state index contributed by atoms with van der Waals surface area (Å²) in [4.78, 5) is 12.1. The maximum absolute atomic E-state index is 12.1. The zero-order valence-corrected chi connectivity index (χ0v) is 13.3. The number of nitrogens with one attached hydrogen (secondary N) is 1. The summed E-state index contributed by atoms with van der Waals surface area (Å²) >= 11 is 6.19. The van der Waals surface area contributed by atoms with Crippen molar-refractivity contribution in [1.29, 1.82) is 0 Å². The predicted molar refractivity (Wildman–Crippen MR) is 83.4 cm³/mol. The molecule has 1 aliphatic rings. The Morgan fingerprint density at radius 1 is 1.45 bits per heavy atom. The molecule has 3 unspecified atom stereocenters. The molecule has 0 amide bonds. The van der Waals surface area contributed by atoms with Crippen LogP contribution in [0.4, 0.5) is 5.69 Å². The highest BCUT2D eigenvalue weighted by atomic mass is 35.5. The van der Waals surface area contributed by atoms with Gasteiger partial charge in [0.1, 0.15) is 5.02 Å². The van der Waals surface area contributed by atoms with Crippen molar-refractivity contribution in [3.8, 4) is 0 Å². The second-order valence-electron chi connectivity index (χ2n) is 6.05. The topological polar surface area (TPSA) is 46.9 Å². The fraction of sp³-hybridized carbons (Fsp3) is 0.733. The molecule has 4 nitrogen and oxygen atoms in total. The number of aryl methyl sites for hydroxylation is 1. The smallest absolute Gasteiger partial charge is 0.287 e. The summed E-state index contributed by atoms with van der Waals surface area (Å²) in [5, 5.41) is 7.88. The van der Waals surface area contributed by atoms with Crippen LogP contribution in [0.5, 0.6) is 0 Å². The first kappa shape index (κ1) is 15.4. The molecule has 1 fully saturated rings. The fourth-order valence-corrected chi connectivity index (χ4v) is 3.22. The lowest BCUT2D eigenvalue weighted by molar-refractivity contribution is 0.276. The molecule has 0 radical (unpaired) electrons. The van der Waals surface area contributed by atoms with Crippen LogP contribution in [0, 0.1) is 11.8 Å². The summed E-state index contributed by atoms with van der Waals surface area (Å²) in [5.41, 5.74) is 0.478. The molecule has 5 heteroatoms. The van der Waals surface area contributed by atoms with Gasteiger partial charge in [-0.15, -0.1) is 0 Å². The molecule has 1 N–H and O–H groups in total. The molecule has 20 heavy (non-hydrogen) atoms. The van der Waals surface area contributed by atoms with E-state index >= 15 is 0 Å². The van der Waals surface area contributed by atoms with Gasteiger partial charge in [-0.2, -0.15) is 5.10 Å². The van der Waals surface area contributed by atoms with Crippen LogP contribution in [0.2, 0.25) is 5.02 Å². The Labute approximate surface area is 125 Å². The molecule has 112 valence electrons. The van der Waals surface area contributed by atoms with Gasteiger partial charge in [0.15, 0.2) is 0 Å². The van der Waals surface area contributed by atoms with Crippen molar-refractivity contribution in [2.24, 2.45) is 11.8 Å². The van der Waals surface area contributed by atoms with E-state index in [9.17, 15) is 4.79 Å². The first-order chi connectivity index (χ1) is 9.52. The van der Waals surface area contributed by atoms with Crippen molar-refractivity contribution in [1.82, 2.24) is 9.78 Å². The van der Waals surface area contributed by atoms with Crippen LogP contribution in [-0.4, -0.2) is 15.8 Å². The van der Waals surface area contributed by atoms with Crippen LogP contribution in [0.1, 0.15) is 46.5 Å². The Hall–Kier alpha value is -1.03. The van der Waals surface area contributed by atoms with E-state index in [1.54, 1.807) is 6.20 Å². The van der Waals surface area contributed by atoms with Gasteiger partial charge in [-0.3, -0.25) is 4.79 Å². The van der Waals surface area contributed by atoms with Crippen molar-refractivity contribution in [3.63, 3.8) is 0 Å². The molecule has 1 aliphatic carbocycles. The Balaban J connectivity index is 2.14. The minimum absolute atomic E-state index is 0.199. The van der Waals surface area contributed by atoms with E-state index in [1.807, 2.05) is 6.92 Å². The lowest BCUT2D eigenvalue weighted by Gasteiger charge is -2.33. The number of hydrogen-bond donors (Lipinski definition) is 1. The molecule has 1 heterocycles. The van der Waals surface area contributed by atoms with Crippen molar-refractivity contribution in [2.75, 3.05) is 5.32 Å². The molecule has 3 atom stereocenters. The molecule has 0 bridgehead atoms. The Bertz CT molecular complexity index is 514. The normalized spacial score (nSPS) is 26.5. The SMILES string of the molecule is CCCn1ncc(NC2CCC(C)CC2C)c(Cl)c1=O. The standard InChI is InChI=1S/C15H24ClN3O/c1-4-7-19-15(20)14(16)13(9-17-19)18-12-6-5-10(2)8-11(12)3/h9-12,18H,4-8H2,1-3H3. The van der Waals surface area contributed by atoms with Gasteiger partial charge in [-0.1, -0.05) is 32.4 Å². The lowest BCUT2D eigenvalue weighted by Crippen LogP contribution is -2.34. The molecule has 0 saturated heterocycles. The molecular formula is C15H24ClN3O. The van der Waals surface area contributed by atoms with Gasteiger partial charge in [0, 0.05) is 12.6 Å². The first-order valence-electron chi connectivity index (χ1n) is 7.55. The zero-order valence-electron chi connectivity index (χ0n) is 12.5. The molecule has 2 rings (SSSR count). The van der Waals surface area contributed by atoms with E-state index in [0.29, 0.717) is 24.2 Å². The van der Waals surface area contributed by atoms with Gasteiger partial charge in [0.2, 0.25) is 0 Å². The monoisotopic (exact) mass is 297 g/mol. The molecule has 1 saturated carbocycles. The van der Waals surface area contributed by atoms with Gasteiger partial charge in [-0.05, 0) is 37.5 Å². The van der Waals surface area contributed by atoms with Gasteiger partial charge >= 0.3 is 0 Å². The van der Waals surface area contributed by atoms with E-state index in [-0.39, 0.29) is 10.6 Å². The van der Waals surface area contributed by atoms with E-state index in [0.717, 1.165) is 18.8 Å². The van der Waals surface area contributed by atoms with Gasteiger partial charge in [-0.25, -0.2) is 4.68 Å². The zero-order chi connectivity index (χ0) is 14.7. The second-order valence-corrected chi connectivity index (χ2v) is 6.42. The van der Waals surface area contributed by atoms with Gasteiger partial charge < -0.3 is 5.32 Å². The average Bonchev–Trinajstić information content (AvgIpc) is 2.41. The van der Waals surface area contributed by atoms with E-state index < -0.39 is 0 Å². The van der Waals surface area contributed by atoms with E-state index in [4.69, 9.17) is 11.6 Å². The summed E-state index contributed by atoms with van der Waals surface area (Å²) in [7, 11) is 0. The maximum Gasteiger partial charge on any atom is 0.287 e. The lowest BCUT2D eigenvalue weighted by atomic mass is 9.80. The number of halogens is 1. The first-order valence-corrected chi connectivity index (χ1v) is 7.92. The van der Waals surface area contributed by atoms with Crippen molar-refractivity contribution in [3.05, 3.63) is 21.6 Å². The predicted octanol–water partition coefficient (Wildman–Crippen LogP) is 3.54. The molecule has 1 aromatic heterocycles. The third-order valence-electron chi connectivity index (χ3n) is 4.19. The van der Waals surface area contributed by atoms with E-state index in [1.165, 1.54) is 17.5 Å². The van der Waals surface area contributed by atoms with Crippen LogP contribution in [0.25, 0.3) is 0 Å². The summed E-state index contributed by atoms with van der Waals surface area (Å²) in [6.45, 7) is 7.18. The van der Waals surface area contributed by atoms with Gasteiger partial charge in [0.05, 0.1) is 11.9 Å². The third-order valence-corrected chi connectivity index (χ3v) is 4.56. The van der Waals surface area contributed by atoms with Gasteiger partial charge in [0.25, 0.3) is 5.56 Å². The minimum Gasteiger partial charge on any atom is -0.379 e. The van der Waals surface area contributed by atoms with Crippen LogP contribution in [-0.2, 0) is 6.54 Å². The molecule has 0 aromatic carbocycles. The van der Waals surface area contributed by atoms with Crippen molar-refractivity contribution >= 4 is 17.3 Å². The highest BCUT2D eigenvalue weighted by Crippen LogP contribution is 2.31. The van der Waals surface area contributed by atoms with Crippen LogP contribution >= 0.6 is 11.6 Å². The summed E-state index contributed by atoms with van der Waals surface area (Å²) in [6, 6.07) is 0.381. The van der Waals surface area contributed by atoms with Crippen LogP contribution in [0.15, 0.2) is 11.0 Å². The third kappa shape index (κ3) is 3.35. The second kappa shape index (κ2) is 6.61. The highest BCUT2D eigenvalue weighted by molar-refractivity contribution is 6.32. The largest absolute Gasteiger partial charge is 0.379 e. The molecule has 0 aliphatic heterocycles. The quantitative estimate of drug-likeness (QED) is 0.924.